The number of aryl methyl sites for hydroxylation is 1. The fraction of sp³-hybridized carbons (Fsp3) is 0.0588. The standard InChI is InChI=1S/C17H14N2O2S/c1-12-2-6-14(7-3-12)21-15-8-4-13(5-9-15)16(20)19-17-18-10-11-22-17/h2-11H,1H3,(H,18,19,20). The van der Waals surface area contributed by atoms with E-state index in [0.717, 1.165) is 5.75 Å². The zero-order valence-corrected chi connectivity index (χ0v) is 12.8. The number of nitrogens with zero attached hydrogens (tertiary/aromatic N) is 1. The Kier molecular flexibility index (Phi) is 4.16. The molecule has 110 valence electrons. The maximum Gasteiger partial charge on any atom is 0.257 e. The van der Waals surface area contributed by atoms with Gasteiger partial charge in [0.1, 0.15) is 11.5 Å². The fourth-order valence-electron chi connectivity index (χ4n) is 1.87. The lowest BCUT2D eigenvalue weighted by Crippen LogP contribution is -2.11. The summed E-state index contributed by atoms with van der Waals surface area (Å²) in [4.78, 5) is 16.1. The highest BCUT2D eigenvalue weighted by Gasteiger charge is 2.07. The highest BCUT2D eigenvalue weighted by atomic mass is 32.1. The van der Waals surface area contributed by atoms with Gasteiger partial charge in [-0.05, 0) is 43.3 Å². The van der Waals surface area contributed by atoms with Crippen LogP contribution in [0.25, 0.3) is 0 Å². The third kappa shape index (κ3) is 3.51. The fourth-order valence-corrected chi connectivity index (χ4v) is 2.40. The smallest absolute Gasteiger partial charge is 0.257 e. The number of hydrogen-bond donors (Lipinski definition) is 1. The van der Waals surface area contributed by atoms with Crippen molar-refractivity contribution in [1.82, 2.24) is 4.98 Å². The summed E-state index contributed by atoms with van der Waals surface area (Å²) >= 11 is 1.38. The van der Waals surface area contributed by atoms with Crippen molar-refractivity contribution < 1.29 is 9.53 Å². The number of rotatable bonds is 4. The lowest BCUT2D eigenvalue weighted by atomic mass is 10.2. The van der Waals surface area contributed by atoms with E-state index in [-0.39, 0.29) is 5.91 Å². The van der Waals surface area contributed by atoms with Gasteiger partial charge in [-0.15, -0.1) is 11.3 Å². The molecule has 0 radical (unpaired) electrons. The second kappa shape index (κ2) is 6.41. The molecular weight excluding hydrogens is 296 g/mol. The van der Waals surface area contributed by atoms with Crippen LogP contribution >= 0.6 is 11.3 Å². The summed E-state index contributed by atoms with van der Waals surface area (Å²) < 4.78 is 5.73. The molecule has 1 amide bonds. The van der Waals surface area contributed by atoms with Crippen LogP contribution in [0.3, 0.4) is 0 Å². The predicted molar refractivity (Wildman–Crippen MR) is 87.8 cm³/mol. The van der Waals surface area contributed by atoms with Crippen LogP contribution in [0.15, 0.2) is 60.1 Å². The van der Waals surface area contributed by atoms with Crippen molar-refractivity contribution in [2.24, 2.45) is 0 Å². The van der Waals surface area contributed by atoms with Gasteiger partial charge in [0.2, 0.25) is 0 Å². The number of ether oxygens (including phenoxy) is 1. The van der Waals surface area contributed by atoms with E-state index in [4.69, 9.17) is 4.74 Å². The topological polar surface area (TPSA) is 51.2 Å². The van der Waals surface area contributed by atoms with Crippen molar-refractivity contribution in [3.05, 3.63) is 71.2 Å². The SMILES string of the molecule is Cc1ccc(Oc2ccc(C(=O)Nc3nccs3)cc2)cc1. The summed E-state index contributed by atoms with van der Waals surface area (Å²) in [6, 6.07) is 14.8. The van der Waals surface area contributed by atoms with Gasteiger partial charge in [-0.2, -0.15) is 0 Å². The molecule has 0 saturated heterocycles. The number of amides is 1. The van der Waals surface area contributed by atoms with Crippen LogP contribution in [-0.2, 0) is 0 Å². The van der Waals surface area contributed by atoms with E-state index in [9.17, 15) is 4.79 Å². The number of aromatic nitrogens is 1. The molecule has 0 atom stereocenters. The Morgan fingerprint density at radius 2 is 1.68 bits per heavy atom. The molecule has 1 heterocycles. The number of benzene rings is 2. The Balaban J connectivity index is 1.67. The van der Waals surface area contributed by atoms with Crippen molar-refractivity contribution in [1.29, 1.82) is 0 Å². The van der Waals surface area contributed by atoms with Crippen LogP contribution in [0.2, 0.25) is 0 Å². The van der Waals surface area contributed by atoms with E-state index in [1.54, 1.807) is 30.5 Å². The van der Waals surface area contributed by atoms with Crippen LogP contribution in [0.5, 0.6) is 11.5 Å². The molecule has 0 bridgehead atoms. The van der Waals surface area contributed by atoms with Gasteiger partial charge in [0.05, 0.1) is 0 Å². The molecule has 22 heavy (non-hydrogen) atoms. The second-order valence-electron chi connectivity index (χ2n) is 4.73. The minimum atomic E-state index is -0.183. The quantitative estimate of drug-likeness (QED) is 0.772. The summed E-state index contributed by atoms with van der Waals surface area (Å²) in [6.45, 7) is 2.03. The molecule has 0 aliphatic carbocycles. The molecule has 5 heteroatoms. The average Bonchev–Trinajstić information content (AvgIpc) is 3.03. The Morgan fingerprint density at radius 3 is 2.27 bits per heavy atom. The van der Waals surface area contributed by atoms with Gasteiger partial charge < -0.3 is 4.74 Å². The van der Waals surface area contributed by atoms with Crippen molar-refractivity contribution in [2.75, 3.05) is 5.32 Å². The van der Waals surface area contributed by atoms with Gasteiger partial charge in [-0.3, -0.25) is 10.1 Å². The minimum absolute atomic E-state index is 0.183. The summed E-state index contributed by atoms with van der Waals surface area (Å²) in [5.74, 6) is 1.28. The molecule has 0 aliphatic heterocycles. The van der Waals surface area contributed by atoms with E-state index in [1.165, 1.54) is 16.9 Å². The predicted octanol–water partition coefficient (Wildman–Crippen LogP) is 4.50. The molecule has 0 fully saturated rings. The van der Waals surface area contributed by atoms with E-state index >= 15 is 0 Å². The van der Waals surface area contributed by atoms with Crippen LogP contribution in [-0.4, -0.2) is 10.9 Å². The molecule has 0 spiro atoms. The molecule has 1 N–H and O–H groups in total. The molecule has 4 nitrogen and oxygen atoms in total. The zero-order chi connectivity index (χ0) is 15.4. The normalized spacial score (nSPS) is 10.2. The maximum atomic E-state index is 12.0. The summed E-state index contributed by atoms with van der Waals surface area (Å²) in [5, 5.41) is 5.14. The van der Waals surface area contributed by atoms with Crippen LogP contribution in [0.1, 0.15) is 15.9 Å². The molecule has 2 aromatic carbocycles. The first kappa shape index (κ1) is 14.3. The Labute approximate surface area is 132 Å². The van der Waals surface area contributed by atoms with Gasteiger partial charge in [-0.1, -0.05) is 17.7 Å². The van der Waals surface area contributed by atoms with E-state index < -0.39 is 0 Å². The average molecular weight is 310 g/mol. The van der Waals surface area contributed by atoms with Crippen molar-refractivity contribution in [3.63, 3.8) is 0 Å². The number of carbonyl (C=O) groups excluding carboxylic acids is 1. The lowest BCUT2D eigenvalue weighted by molar-refractivity contribution is 0.102. The second-order valence-corrected chi connectivity index (χ2v) is 5.63. The van der Waals surface area contributed by atoms with Crippen molar-refractivity contribution in [2.45, 2.75) is 6.92 Å². The van der Waals surface area contributed by atoms with Gasteiger partial charge in [-0.25, -0.2) is 4.98 Å². The Bertz CT molecular complexity index is 750. The van der Waals surface area contributed by atoms with E-state index in [2.05, 4.69) is 10.3 Å². The maximum absolute atomic E-state index is 12.0. The third-order valence-electron chi connectivity index (χ3n) is 3.03. The Morgan fingerprint density at radius 1 is 1.05 bits per heavy atom. The minimum Gasteiger partial charge on any atom is -0.457 e. The molecule has 1 aromatic heterocycles. The number of thiazole rings is 1. The molecule has 0 aliphatic rings. The van der Waals surface area contributed by atoms with Crippen LogP contribution < -0.4 is 10.1 Å². The van der Waals surface area contributed by atoms with Gasteiger partial charge in [0.25, 0.3) is 5.91 Å². The lowest BCUT2D eigenvalue weighted by Gasteiger charge is -2.07. The number of carbonyl (C=O) groups is 1. The van der Waals surface area contributed by atoms with Crippen LogP contribution in [0, 0.1) is 6.92 Å². The number of anilines is 1. The van der Waals surface area contributed by atoms with Gasteiger partial charge in [0, 0.05) is 17.1 Å². The summed E-state index contributed by atoms with van der Waals surface area (Å²) in [6.07, 6.45) is 1.65. The van der Waals surface area contributed by atoms with Gasteiger partial charge >= 0.3 is 0 Å². The zero-order valence-electron chi connectivity index (χ0n) is 11.9. The van der Waals surface area contributed by atoms with Crippen molar-refractivity contribution >= 4 is 22.4 Å². The van der Waals surface area contributed by atoms with Gasteiger partial charge in [0.15, 0.2) is 5.13 Å². The molecule has 0 saturated carbocycles. The summed E-state index contributed by atoms with van der Waals surface area (Å²) in [5.41, 5.74) is 1.74. The molecular formula is C17H14N2O2S. The monoisotopic (exact) mass is 310 g/mol. The molecule has 3 aromatic rings. The third-order valence-corrected chi connectivity index (χ3v) is 3.71. The highest BCUT2D eigenvalue weighted by molar-refractivity contribution is 7.13. The van der Waals surface area contributed by atoms with Crippen LogP contribution in [0.4, 0.5) is 5.13 Å². The van der Waals surface area contributed by atoms with E-state index in [1.807, 2.05) is 36.6 Å². The van der Waals surface area contributed by atoms with Crippen molar-refractivity contribution in [3.8, 4) is 11.5 Å². The largest absolute Gasteiger partial charge is 0.457 e. The molecule has 3 rings (SSSR count). The Hall–Kier alpha value is -2.66. The summed E-state index contributed by atoms with van der Waals surface area (Å²) in [7, 11) is 0. The number of nitrogens with one attached hydrogen (secondary N) is 1. The number of hydrogen-bond acceptors (Lipinski definition) is 4. The first-order chi connectivity index (χ1) is 10.7. The first-order valence-corrected chi connectivity index (χ1v) is 7.64. The first-order valence-electron chi connectivity index (χ1n) is 6.76. The highest BCUT2D eigenvalue weighted by Crippen LogP contribution is 2.22. The van der Waals surface area contributed by atoms with E-state index in [0.29, 0.717) is 16.4 Å². The molecule has 0 unspecified atom stereocenters.